The standard InChI is InChI=1S/C18H15FN2O3/c1-2-24-18(23)21-14-10-6-4-8-12(14)15(20)16(21)17(22)11-7-3-5-9-13(11)19/h3-10H,2,20H2,1H3. The maximum absolute atomic E-state index is 14.0. The average molecular weight is 326 g/mol. The Kier molecular flexibility index (Phi) is 4.04. The van der Waals surface area contributed by atoms with Crippen LogP contribution < -0.4 is 5.73 Å². The van der Waals surface area contributed by atoms with Gasteiger partial charge < -0.3 is 10.5 Å². The average Bonchev–Trinajstić information content (AvgIpc) is 2.88. The van der Waals surface area contributed by atoms with E-state index in [0.717, 1.165) is 4.57 Å². The van der Waals surface area contributed by atoms with Crippen molar-refractivity contribution < 1.29 is 18.7 Å². The number of benzene rings is 2. The summed E-state index contributed by atoms with van der Waals surface area (Å²) in [5.74, 6) is -1.35. The van der Waals surface area contributed by atoms with Crippen LogP contribution in [0.25, 0.3) is 10.9 Å². The molecule has 1 heterocycles. The van der Waals surface area contributed by atoms with E-state index in [1.807, 2.05) is 0 Å². The van der Waals surface area contributed by atoms with Crippen LogP contribution in [-0.4, -0.2) is 23.1 Å². The molecule has 0 saturated heterocycles. The summed E-state index contributed by atoms with van der Waals surface area (Å²) in [5, 5.41) is 0.533. The van der Waals surface area contributed by atoms with Crippen LogP contribution in [-0.2, 0) is 4.74 Å². The fourth-order valence-corrected chi connectivity index (χ4v) is 2.64. The molecule has 0 aliphatic rings. The number of carbonyl (C=O) groups is 2. The minimum atomic E-state index is -0.731. The van der Waals surface area contributed by atoms with Crippen LogP contribution in [0, 0.1) is 5.82 Å². The number of aromatic nitrogens is 1. The molecule has 0 unspecified atom stereocenters. The normalized spacial score (nSPS) is 10.8. The van der Waals surface area contributed by atoms with Crippen molar-refractivity contribution in [2.45, 2.75) is 6.92 Å². The first-order valence-electron chi connectivity index (χ1n) is 7.41. The summed E-state index contributed by atoms with van der Waals surface area (Å²) in [6.07, 6.45) is -0.731. The lowest BCUT2D eigenvalue weighted by Gasteiger charge is -2.09. The number of hydrogen-bond acceptors (Lipinski definition) is 4. The first-order chi connectivity index (χ1) is 11.6. The highest BCUT2D eigenvalue weighted by molar-refractivity contribution is 6.18. The topological polar surface area (TPSA) is 74.3 Å². The summed E-state index contributed by atoms with van der Waals surface area (Å²) >= 11 is 0. The lowest BCUT2D eigenvalue weighted by Crippen LogP contribution is -2.20. The molecule has 0 amide bonds. The molecule has 5 nitrogen and oxygen atoms in total. The molecule has 0 spiro atoms. The van der Waals surface area contributed by atoms with Gasteiger partial charge in [-0.3, -0.25) is 4.79 Å². The molecule has 3 aromatic rings. The number of nitrogen functional groups attached to an aromatic ring is 1. The number of nitrogens with zero attached hydrogens (tertiary/aromatic N) is 1. The second kappa shape index (κ2) is 6.16. The highest BCUT2D eigenvalue weighted by Gasteiger charge is 2.27. The minimum Gasteiger partial charge on any atom is -0.449 e. The van der Waals surface area contributed by atoms with Crippen LogP contribution in [0.3, 0.4) is 0 Å². The number of carbonyl (C=O) groups excluding carboxylic acids is 2. The first kappa shape index (κ1) is 15.7. The third-order valence-corrected chi connectivity index (χ3v) is 3.70. The van der Waals surface area contributed by atoms with Crippen LogP contribution in [0.15, 0.2) is 48.5 Å². The third kappa shape index (κ3) is 2.42. The zero-order chi connectivity index (χ0) is 17.3. The second-order valence-electron chi connectivity index (χ2n) is 5.12. The summed E-state index contributed by atoms with van der Waals surface area (Å²) in [4.78, 5) is 25.2. The molecule has 6 heteroatoms. The van der Waals surface area contributed by atoms with Gasteiger partial charge in [-0.15, -0.1) is 0 Å². The van der Waals surface area contributed by atoms with Crippen LogP contribution in [0.2, 0.25) is 0 Å². The van der Waals surface area contributed by atoms with Crippen LogP contribution in [0.1, 0.15) is 23.0 Å². The first-order valence-corrected chi connectivity index (χ1v) is 7.41. The van der Waals surface area contributed by atoms with Gasteiger partial charge in [-0.2, -0.15) is 0 Å². The lowest BCUT2D eigenvalue weighted by molar-refractivity contribution is 0.102. The number of anilines is 1. The zero-order valence-electron chi connectivity index (χ0n) is 13.0. The minimum absolute atomic E-state index is 0.0975. The van der Waals surface area contributed by atoms with Gasteiger partial charge in [0.05, 0.1) is 23.4 Å². The van der Waals surface area contributed by atoms with E-state index in [1.54, 1.807) is 37.3 Å². The summed E-state index contributed by atoms with van der Waals surface area (Å²) in [6, 6.07) is 12.4. The third-order valence-electron chi connectivity index (χ3n) is 3.70. The molecule has 2 N–H and O–H groups in total. The molecule has 0 aliphatic carbocycles. The number of rotatable bonds is 3. The molecule has 0 bridgehead atoms. The van der Waals surface area contributed by atoms with Gasteiger partial charge in [0.2, 0.25) is 5.78 Å². The fraction of sp³-hybridized carbons (Fsp3) is 0.111. The maximum atomic E-state index is 14.0. The van der Waals surface area contributed by atoms with Gasteiger partial charge in [0.1, 0.15) is 11.5 Å². The molecule has 0 saturated carbocycles. The van der Waals surface area contributed by atoms with E-state index in [1.165, 1.54) is 18.2 Å². The number of halogens is 1. The van der Waals surface area contributed by atoms with Gasteiger partial charge in [-0.05, 0) is 25.1 Å². The number of ketones is 1. The Bertz CT molecular complexity index is 947. The van der Waals surface area contributed by atoms with Crippen molar-refractivity contribution >= 4 is 28.5 Å². The Morgan fingerprint density at radius 2 is 1.79 bits per heavy atom. The van der Waals surface area contributed by atoms with Crippen molar-refractivity contribution in [3.05, 3.63) is 65.6 Å². The van der Waals surface area contributed by atoms with E-state index in [0.29, 0.717) is 10.9 Å². The van der Waals surface area contributed by atoms with Crippen molar-refractivity contribution in [3.63, 3.8) is 0 Å². The van der Waals surface area contributed by atoms with E-state index in [9.17, 15) is 14.0 Å². The summed E-state index contributed by atoms with van der Waals surface area (Å²) in [6.45, 7) is 1.80. The molecule has 0 atom stereocenters. The van der Waals surface area contributed by atoms with Crippen LogP contribution in [0.4, 0.5) is 14.9 Å². The summed E-state index contributed by atoms with van der Waals surface area (Å²) < 4.78 is 20.1. The number of para-hydroxylation sites is 1. The summed E-state index contributed by atoms with van der Waals surface area (Å²) in [7, 11) is 0. The highest BCUT2D eigenvalue weighted by atomic mass is 19.1. The van der Waals surface area contributed by atoms with Gasteiger partial charge >= 0.3 is 6.09 Å². The molecule has 0 aliphatic heterocycles. The molecule has 0 fully saturated rings. The van der Waals surface area contributed by atoms with Crippen molar-refractivity contribution in [1.29, 1.82) is 0 Å². The van der Waals surface area contributed by atoms with E-state index < -0.39 is 17.7 Å². The summed E-state index contributed by atoms with van der Waals surface area (Å²) in [5.41, 5.74) is 6.39. The van der Waals surface area contributed by atoms with E-state index in [-0.39, 0.29) is 23.6 Å². The largest absolute Gasteiger partial charge is 0.449 e. The van der Waals surface area contributed by atoms with Gasteiger partial charge in [0.15, 0.2) is 0 Å². The molecular formula is C18H15FN2O3. The number of fused-ring (bicyclic) bond motifs is 1. The van der Waals surface area contributed by atoms with Crippen molar-refractivity contribution in [2.75, 3.05) is 12.3 Å². The number of ether oxygens (including phenoxy) is 1. The van der Waals surface area contributed by atoms with E-state index >= 15 is 0 Å². The van der Waals surface area contributed by atoms with E-state index in [2.05, 4.69) is 0 Å². The van der Waals surface area contributed by atoms with Gasteiger partial charge in [0.25, 0.3) is 0 Å². The van der Waals surface area contributed by atoms with Crippen LogP contribution in [0.5, 0.6) is 0 Å². The van der Waals surface area contributed by atoms with Crippen molar-refractivity contribution in [2.24, 2.45) is 0 Å². The molecule has 122 valence electrons. The Morgan fingerprint density at radius 1 is 1.12 bits per heavy atom. The predicted molar refractivity (Wildman–Crippen MR) is 88.6 cm³/mol. The Hall–Kier alpha value is -3.15. The second-order valence-corrected chi connectivity index (χ2v) is 5.12. The molecule has 1 aromatic heterocycles. The van der Waals surface area contributed by atoms with Crippen molar-refractivity contribution in [3.8, 4) is 0 Å². The van der Waals surface area contributed by atoms with Gasteiger partial charge in [-0.25, -0.2) is 13.8 Å². The van der Waals surface area contributed by atoms with Crippen molar-refractivity contribution in [1.82, 2.24) is 4.57 Å². The smallest absolute Gasteiger partial charge is 0.419 e. The molecule has 0 radical (unpaired) electrons. The quantitative estimate of drug-likeness (QED) is 0.746. The fourth-order valence-electron chi connectivity index (χ4n) is 2.64. The predicted octanol–water partition coefficient (Wildman–Crippen LogP) is 3.60. The van der Waals surface area contributed by atoms with E-state index in [4.69, 9.17) is 10.5 Å². The zero-order valence-corrected chi connectivity index (χ0v) is 13.0. The highest BCUT2D eigenvalue weighted by Crippen LogP contribution is 2.31. The number of nitrogens with two attached hydrogens (primary N) is 1. The molecule has 3 rings (SSSR count). The SMILES string of the molecule is CCOC(=O)n1c(C(=O)c2ccccc2F)c(N)c2ccccc21. The molecular weight excluding hydrogens is 311 g/mol. The number of hydrogen-bond donors (Lipinski definition) is 1. The Morgan fingerprint density at radius 3 is 2.50 bits per heavy atom. The molecule has 24 heavy (non-hydrogen) atoms. The Balaban J connectivity index is 2.29. The van der Waals surface area contributed by atoms with Crippen LogP contribution >= 0.6 is 0 Å². The monoisotopic (exact) mass is 326 g/mol. The lowest BCUT2D eigenvalue weighted by atomic mass is 10.1. The van der Waals surface area contributed by atoms with Gasteiger partial charge in [0, 0.05) is 5.39 Å². The van der Waals surface area contributed by atoms with Gasteiger partial charge in [-0.1, -0.05) is 30.3 Å². The molecule has 2 aromatic carbocycles. The maximum Gasteiger partial charge on any atom is 0.419 e. The Labute approximate surface area is 137 Å².